The van der Waals surface area contributed by atoms with Crippen LogP contribution in [-0.4, -0.2) is 5.97 Å². The Morgan fingerprint density at radius 1 is 1.14 bits per heavy atom. The number of benzene rings is 1. The zero-order valence-corrected chi connectivity index (χ0v) is 13.6. The number of ether oxygens (including phenoxy) is 1. The fourth-order valence-electron chi connectivity index (χ4n) is 1.84. The Balaban J connectivity index is 2.78. The monoisotopic (exact) mass is 332 g/mol. The van der Waals surface area contributed by atoms with Gasteiger partial charge in [0, 0.05) is 24.0 Å². The molecule has 0 unspecified atom stereocenters. The van der Waals surface area contributed by atoms with Crippen molar-refractivity contribution in [1.29, 1.82) is 0 Å². The van der Waals surface area contributed by atoms with E-state index in [4.69, 9.17) is 4.74 Å². The van der Waals surface area contributed by atoms with E-state index in [-0.39, 0.29) is 5.97 Å². The van der Waals surface area contributed by atoms with Crippen LogP contribution in [0.2, 0.25) is 0 Å². The van der Waals surface area contributed by atoms with Gasteiger partial charge in [-0.2, -0.15) is 13.2 Å². The van der Waals surface area contributed by atoms with E-state index in [9.17, 15) is 18.0 Å². The first-order valence-electron chi connectivity index (χ1n) is 6.97. The van der Waals surface area contributed by atoms with Crippen LogP contribution in [0.4, 0.5) is 13.2 Å². The minimum atomic E-state index is -4.31. The molecule has 22 heavy (non-hydrogen) atoms. The fraction of sp³-hybridized carbons (Fsp3) is 0.438. The van der Waals surface area contributed by atoms with E-state index in [0.717, 1.165) is 22.6 Å². The zero-order chi connectivity index (χ0) is 16.8. The van der Waals surface area contributed by atoms with Gasteiger partial charge in [0.1, 0.15) is 5.76 Å². The number of carbonyl (C=O) groups is 1. The van der Waals surface area contributed by atoms with E-state index < -0.39 is 11.7 Å². The lowest BCUT2D eigenvalue weighted by atomic mass is 10.1. The summed E-state index contributed by atoms with van der Waals surface area (Å²) in [5.74, 6) is 0.802. The maximum atomic E-state index is 12.5. The Morgan fingerprint density at radius 3 is 2.14 bits per heavy atom. The normalized spacial score (nSPS) is 12.8. The summed E-state index contributed by atoms with van der Waals surface area (Å²) in [6, 6.07) is 5.11. The van der Waals surface area contributed by atoms with Crippen LogP contribution in [0.15, 0.2) is 34.9 Å². The second-order valence-electron chi connectivity index (χ2n) is 4.63. The van der Waals surface area contributed by atoms with Crippen molar-refractivity contribution in [3.63, 3.8) is 0 Å². The Morgan fingerprint density at radius 2 is 1.73 bits per heavy atom. The molecule has 0 aliphatic heterocycles. The maximum absolute atomic E-state index is 12.5. The summed E-state index contributed by atoms with van der Waals surface area (Å²) >= 11 is 1.48. The maximum Gasteiger partial charge on any atom is 0.416 e. The van der Waals surface area contributed by atoms with Crippen molar-refractivity contribution in [2.75, 3.05) is 0 Å². The lowest BCUT2D eigenvalue weighted by Gasteiger charge is -2.12. The summed E-state index contributed by atoms with van der Waals surface area (Å²) in [5.41, 5.74) is 0.142. The van der Waals surface area contributed by atoms with Crippen LogP contribution in [0.5, 0.6) is 0 Å². The zero-order valence-electron chi connectivity index (χ0n) is 12.8. The van der Waals surface area contributed by atoms with E-state index in [0.29, 0.717) is 24.4 Å². The van der Waals surface area contributed by atoms with Gasteiger partial charge < -0.3 is 4.74 Å². The van der Waals surface area contributed by atoms with Crippen molar-refractivity contribution >= 4 is 17.7 Å². The molecule has 1 rings (SSSR count). The molecule has 0 aliphatic rings. The molecule has 0 aliphatic carbocycles. The molecule has 0 saturated heterocycles. The first-order chi connectivity index (χ1) is 10.3. The molecule has 0 amide bonds. The highest BCUT2D eigenvalue weighted by molar-refractivity contribution is 8.02. The number of allylic oxidation sites excluding steroid dienone is 2. The van der Waals surface area contributed by atoms with Crippen molar-refractivity contribution in [1.82, 2.24) is 0 Å². The third-order valence-corrected chi connectivity index (χ3v) is 4.26. The third kappa shape index (κ3) is 5.75. The molecule has 0 spiro atoms. The standard InChI is InChI=1S/C16H19F3O2S/c1-4-14(21-11(3)20)15(5-2)22-10-12-6-8-13(9-7-12)16(17,18)19/h6-9H,4-5,10H2,1-3H3/b15-14+. The molecule has 0 aromatic heterocycles. The Hall–Kier alpha value is -1.43. The molecule has 0 heterocycles. The van der Waals surface area contributed by atoms with Gasteiger partial charge in [-0.3, -0.25) is 4.79 Å². The predicted octanol–water partition coefficient (Wildman–Crippen LogP) is 5.53. The molecule has 0 N–H and O–H groups in total. The van der Waals surface area contributed by atoms with Gasteiger partial charge >= 0.3 is 12.1 Å². The highest BCUT2D eigenvalue weighted by Crippen LogP contribution is 2.32. The number of hydrogen-bond donors (Lipinski definition) is 0. The summed E-state index contributed by atoms with van der Waals surface area (Å²) in [6.07, 6.45) is -3.00. The molecule has 0 fully saturated rings. The summed E-state index contributed by atoms with van der Waals surface area (Å²) in [5, 5.41) is 0. The van der Waals surface area contributed by atoms with E-state index in [1.807, 2.05) is 13.8 Å². The van der Waals surface area contributed by atoms with Crippen LogP contribution in [0.1, 0.15) is 44.7 Å². The Kier molecular flexibility index (Phi) is 7.00. The van der Waals surface area contributed by atoms with Crippen LogP contribution < -0.4 is 0 Å². The van der Waals surface area contributed by atoms with Gasteiger partial charge in [-0.25, -0.2) is 0 Å². The molecule has 6 heteroatoms. The van der Waals surface area contributed by atoms with E-state index >= 15 is 0 Å². The van der Waals surface area contributed by atoms with Crippen LogP contribution in [0.25, 0.3) is 0 Å². The lowest BCUT2D eigenvalue weighted by molar-refractivity contribution is -0.138. The van der Waals surface area contributed by atoms with Crippen LogP contribution in [0.3, 0.4) is 0 Å². The van der Waals surface area contributed by atoms with Crippen molar-refractivity contribution in [2.24, 2.45) is 0 Å². The molecule has 0 atom stereocenters. The minimum Gasteiger partial charge on any atom is -0.430 e. The highest BCUT2D eigenvalue weighted by atomic mass is 32.2. The van der Waals surface area contributed by atoms with Crippen molar-refractivity contribution in [3.05, 3.63) is 46.1 Å². The van der Waals surface area contributed by atoms with E-state index in [2.05, 4.69) is 0 Å². The topological polar surface area (TPSA) is 26.3 Å². The van der Waals surface area contributed by atoms with Crippen molar-refractivity contribution in [3.8, 4) is 0 Å². The molecule has 2 nitrogen and oxygen atoms in total. The largest absolute Gasteiger partial charge is 0.430 e. The number of halogens is 3. The first-order valence-corrected chi connectivity index (χ1v) is 7.95. The van der Waals surface area contributed by atoms with Crippen LogP contribution in [0, 0.1) is 0 Å². The lowest BCUT2D eigenvalue weighted by Crippen LogP contribution is -2.04. The molecule has 122 valence electrons. The molecule has 0 bridgehead atoms. The summed E-state index contributed by atoms with van der Waals surface area (Å²) in [6.45, 7) is 5.20. The second kappa shape index (κ2) is 8.27. The summed E-state index contributed by atoms with van der Waals surface area (Å²) in [4.78, 5) is 12.0. The summed E-state index contributed by atoms with van der Waals surface area (Å²) < 4.78 is 42.7. The number of alkyl halides is 3. The third-order valence-electron chi connectivity index (χ3n) is 2.91. The van der Waals surface area contributed by atoms with Gasteiger partial charge in [-0.15, -0.1) is 11.8 Å². The van der Waals surface area contributed by atoms with E-state index in [1.165, 1.54) is 30.8 Å². The second-order valence-corrected chi connectivity index (χ2v) is 5.70. The number of thioether (sulfide) groups is 1. The van der Waals surface area contributed by atoms with Gasteiger partial charge in [0.05, 0.1) is 5.56 Å². The first kappa shape index (κ1) is 18.6. The molecular weight excluding hydrogens is 313 g/mol. The number of hydrogen-bond acceptors (Lipinski definition) is 3. The van der Waals surface area contributed by atoms with Crippen molar-refractivity contribution in [2.45, 2.75) is 45.5 Å². The molecule has 1 aromatic carbocycles. The Labute approximate surface area is 132 Å². The smallest absolute Gasteiger partial charge is 0.416 e. The quantitative estimate of drug-likeness (QED) is 0.506. The van der Waals surface area contributed by atoms with Gasteiger partial charge in [-0.05, 0) is 24.1 Å². The fourth-order valence-corrected chi connectivity index (χ4v) is 2.92. The van der Waals surface area contributed by atoms with Crippen LogP contribution >= 0.6 is 11.8 Å². The number of esters is 1. The van der Waals surface area contributed by atoms with Gasteiger partial charge in [0.2, 0.25) is 0 Å². The average molecular weight is 332 g/mol. The summed E-state index contributed by atoms with van der Waals surface area (Å²) in [7, 11) is 0. The predicted molar refractivity (Wildman–Crippen MR) is 82.1 cm³/mol. The van der Waals surface area contributed by atoms with Gasteiger partial charge in [0.15, 0.2) is 0 Å². The average Bonchev–Trinajstić information content (AvgIpc) is 2.45. The highest BCUT2D eigenvalue weighted by Gasteiger charge is 2.29. The van der Waals surface area contributed by atoms with Crippen molar-refractivity contribution < 1.29 is 22.7 Å². The van der Waals surface area contributed by atoms with E-state index in [1.54, 1.807) is 0 Å². The number of carbonyl (C=O) groups excluding carboxylic acids is 1. The molecular formula is C16H19F3O2S. The Bertz CT molecular complexity index is 533. The van der Waals surface area contributed by atoms with Crippen LogP contribution in [-0.2, 0) is 21.5 Å². The minimum absolute atomic E-state index is 0.363. The van der Waals surface area contributed by atoms with Gasteiger partial charge in [0.25, 0.3) is 0 Å². The molecule has 1 aromatic rings. The molecule has 0 saturated carbocycles. The SMILES string of the molecule is CC/C(OC(C)=O)=C(/CC)SCc1ccc(C(F)(F)F)cc1. The number of rotatable bonds is 6. The van der Waals surface area contributed by atoms with Gasteiger partial charge in [-0.1, -0.05) is 26.0 Å². The molecule has 0 radical (unpaired) electrons.